The van der Waals surface area contributed by atoms with E-state index < -0.39 is 11.9 Å². The minimum atomic E-state index is -4.41. The van der Waals surface area contributed by atoms with Crippen LogP contribution in [0.15, 0.2) is 40.7 Å². The number of amides is 1. The monoisotopic (exact) mass is 541 g/mol. The van der Waals surface area contributed by atoms with Crippen molar-refractivity contribution in [3.8, 4) is 0 Å². The highest BCUT2D eigenvalue weighted by Crippen LogP contribution is 2.29. The van der Waals surface area contributed by atoms with Gasteiger partial charge in [0.25, 0.3) is 5.91 Å². The van der Waals surface area contributed by atoms with E-state index in [0.29, 0.717) is 49.0 Å². The van der Waals surface area contributed by atoms with Gasteiger partial charge in [0.05, 0.1) is 5.01 Å². The Hall–Kier alpha value is -1.89. The smallest absolute Gasteiger partial charge is 0.356 e. The van der Waals surface area contributed by atoms with Crippen molar-refractivity contribution in [1.29, 1.82) is 0 Å². The SMILES string of the molecule is CN=C(NCCCNC(=O)c1ccccc1)NCCc1nc(C(F)(F)F)cs1.I. The lowest BCUT2D eigenvalue weighted by atomic mass is 10.2. The Morgan fingerprint density at radius 1 is 1.10 bits per heavy atom. The zero-order valence-corrected chi connectivity index (χ0v) is 18.9. The van der Waals surface area contributed by atoms with Crippen LogP contribution >= 0.6 is 35.3 Å². The van der Waals surface area contributed by atoms with Crippen molar-refractivity contribution in [2.24, 2.45) is 4.99 Å². The molecule has 0 spiro atoms. The van der Waals surface area contributed by atoms with Gasteiger partial charge in [-0.15, -0.1) is 35.3 Å². The van der Waals surface area contributed by atoms with E-state index in [4.69, 9.17) is 0 Å². The number of aliphatic imine (C=N–C) groups is 1. The van der Waals surface area contributed by atoms with Gasteiger partial charge in [-0.1, -0.05) is 18.2 Å². The molecule has 11 heteroatoms. The summed E-state index contributed by atoms with van der Waals surface area (Å²) in [5.74, 6) is 0.423. The molecule has 0 fully saturated rings. The van der Waals surface area contributed by atoms with Crippen LogP contribution in [-0.2, 0) is 12.6 Å². The second-order valence-electron chi connectivity index (χ2n) is 5.78. The molecule has 29 heavy (non-hydrogen) atoms. The number of nitrogens with one attached hydrogen (secondary N) is 3. The second-order valence-corrected chi connectivity index (χ2v) is 6.72. The van der Waals surface area contributed by atoms with Crippen LogP contribution in [0.5, 0.6) is 0 Å². The Bertz CT molecular complexity index is 783. The Kier molecular flexibility index (Phi) is 10.9. The van der Waals surface area contributed by atoms with Crippen LogP contribution in [0.1, 0.15) is 27.5 Å². The van der Waals surface area contributed by atoms with E-state index in [1.54, 1.807) is 19.2 Å². The summed E-state index contributed by atoms with van der Waals surface area (Å²) in [7, 11) is 1.61. The predicted molar refractivity (Wildman–Crippen MR) is 119 cm³/mol. The number of thiazole rings is 1. The van der Waals surface area contributed by atoms with Gasteiger partial charge in [0, 0.05) is 44.0 Å². The van der Waals surface area contributed by atoms with Gasteiger partial charge < -0.3 is 16.0 Å². The van der Waals surface area contributed by atoms with Gasteiger partial charge in [0.2, 0.25) is 0 Å². The number of hydrogen-bond donors (Lipinski definition) is 3. The molecular formula is C18H23F3IN5OS. The second kappa shape index (κ2) is 12.6. The first kappa shape index (κ1) is 25.1. The molecule has 6 nitrogen and oxygen atoms in total. The maximum absolute atomic E-state index is 12.5. The van der Waals surface area contributed by atoms with Crippen molar-refractivity contribution in [3.63, 3.8) is 0 Å². The summed E-state index contributed by atoms with van der Waals surface area (Å²) < 4.78 is 37.6. The summed E-state index contributed by atoms with van der Waals surface area (Å²) in [5, 5.41) is 10.4. The molecule has 2 aromatic rings. The molecule has 0 atom stereocenters. The number of aromatic nitrogens is 1. The van der Waals surface area contributed by atoms with E-state index >= 15 is 0 Å². The summed E-state index contributed by atoms with van der Waals surface area (Å²) in [6, 6.07) is 8.96. The molecule has 0 saturated carbocycles. The molecule has 1 aromatic carbocycles. The van der Waals surface area contributed by atoms with E-state index in [1.165, 1.54) is 0 Å². The average molecular weight is 541 g/mol. The lowest BCUT2D eigenvalue weighted by Gasteiger charge is -2.11. The highest BCUT2D eigenvalue weighted by molar-refractivity contribution is 14.0. The van der Waals surface area contributed by atoms with Crippen molar-refractivity contribution in [3.05, 3.63) is 52.0 Å². The maximum atomic E-state index is 12.5. The van der Waals surface area contributed by atoms with Gasteiger partial charge in [-0.05, 0) is 18.6 Å². The number of hydrogen-bond acceptors (Lipinski definition) is 4. The van der Waals surface area contributed by atoms with Crippen molar-refractivity contribution in [2.45, 2.75) is 19.0 Å². The first-order valence-corrected chi connectivity index (χ1v) is 9.57. The fourth-order valence-electron chi connectivity index (χ4n) is 2.25. The molecule has 1 amide bonds. The molecule has 0 aliphatic heterocycles. The highest BCUT2D eigenvalue weighted by atomic mass is 127. The number of benzene rings is 1. The molecule has 0 bridgehead atoms. The number of carbonyl (C=O) groups is 1. The van der Waals surface area contributed by atoms with Crippen LogP contribution in [-0.4, -0.2) is 43.5 Å². The third-order valence-electron chi connectivity index (χ3n) is 3.66. The van der Waals surface area contributed by atoms with E-state index in [1.807, 2.05) is 18.2 Å². The summed E-state index contributed by atoms with van der Waals surface area (Å²) >= 11 is 0.989. The minimum Gasteiger partial charge on any atom is -0.356 e. The van der Waals surface area contributed by atoms with Crippen LogP contribution in [0, 0.1) is 0 Å². The first-order valence-electron chi connectivity index (χ1n) is 8.69. The summed E-state index contributed by atoms with van der Waals surface area (Å²) in [4.78, 5) is 19.5. The Morgan fingerprint density at radius 2 is 1.76 bits per heavy atom. The molecule has 0 saturated heterocycles. The largest absolute Gasteiger partial charge is 0.434 e. The molecule has 0 aliphatic rings. The molecule has 1 heterocycles. The Morgan fingerprint density at radius 3 is 2.38 bits per heavy atom. The van der Waals surface area contributed by atoms with Gasteiger partial charge in [0.15, 0.2) is 11.7 Å². The zero-order chi connectivity index (χ0) is 20.4. The molecule has 1 aromatic heterocycles. The lowest BCUT2D eigenvalue weighted by molar-refractivity contribution is -0.140. The lowest BCUT2D eigenvalue weighted by Crippen LogP contribution is -2.39. The quantitative estimate of drug-likeness (QED) is 0.208. The summed E-state index contributed by atoms with van der Waals surface area (Å²) in [6.07, 6.45) is -3.34. The predicted octanol–water partition coefficient (Wildman–Crippen LogP) is 3.31. The Labute approximate surface area is 188 Å². The number of nitrogens with zero attached hydrogens (tertiary/aromatic N) is 2. The topological polar surface area (TPSA) is 78.4 Å². The number of rotatable bonds is 8. The van der Waals surface area contributed by atoms with E-state index in [-0.39, 0.29) is 29.9 Å². The first-order chi connectivity index (χ1) is 13.4. The van der Waals surface area contributed by atoms with Gasteiger partial charge in [0.1, 0.15) is 0 Å². The number of guanidine groups is 1. The van der Waals surface area contributed by atoms with Crippen molar-refractivity contribution in [1.82, 2.24) is 20.9 Å². The van der Waals surface area contributed by atoms with Crippen molar-refractivity contribution >= 4 is 47.2 Å². The van der Waals surface area contributed by atoms with Crippen molar-refractivity contribution in [2.75, 3.05) is 26.7 Å². The fourth-order valence-corrected chi connectivity index (χ4v) is 3.06. The van der Waals surface area contributed by atoms with Gasteiger partial charge in [-0.25, -0.2) is 4.98 Å². The van der Waals surface area contributed by atoms with Crippen LogP contribution in [0.25, 0.3) is 0 Å². The van der Waals surface area contributed by atoms with Crippen LogP contribution in [0.2, 0.25) is 0 Å². The summed E-state index contributed by atoms with van der Waals surface area (Å²) in [6.45, 7) is 1.51. The molecule has 3 N–H and O–H groups in total. The minimum absolute atomic E-state index is 0. The van der Waals surface area contributed by atoms with E-state index in [2.05, 4.69) is 25.9 Å². The number of halogens is 4. The standard InChI is InChI=1S/C18H22F3N5OS.HI/c1-22-17(25-11-8-15-26-14(12-28-15)18(19,20)21)24-10-5-9-23-16(27)13-6-3-2-4-7-13;/h2-4,6-7,12H,5,8-11H2,1H3,(H,23,27)(H2,22,24,25);1H. The zero-order valence-electron chi connectivity index (χ0n) is 15.8. The number of alkyl halides is 3. The molecule has 0 aliphatic carbocycles. The molecular weight excluding hydrogens is 518 g/mol. The fraction of sp³-hybridized carbons (Fsp3) is 0.389. The van der Waals surface area contributed by atoms with E-state index in [9.17, 15) is 18.0 Å². The molecule has 160 valence electrons. The van der Waals surface area contributed by atoms with E-state index in [0.717, 1.165) is 16.7 Å². The Balaban J connectivity index is 0.00000420. The third-order valence-corrected chi connectivity index (χ3v) is 4.57. The molecule has 0 unspecified atom stereocenters. The van der Waals surface area contributed by atoms with Crippen LogP contribution in [0.3, 0.4) is 0 Å². The third kappa shape index (κ3) is 8.98. The van der Waals surface area contributed by atoms with Gasteiger partial charge >= 0.3 is 6.18 Å². The molecule has 0 radical (unpaired) electrons. The highest BCUT2D eigenvalue weighted by Gasteiger charge is 2.33. The van der Waals surface area contributed by atoms with Crippen LogP contribution < -0.4 is 16.0 Å². The number of carbonyl (C=O) groups excluding carboxylic acids is 1. The maximum Gasteiger partial charge on any atom is 0.434 e. The van der Waals surface area contributed by atoms with Crippen molar-refractivity contribution < 1.29 is 18.0 Å². The van der Waals surface area contributed by atoms with Crippen LogP contribution in [0.4, 0.5) is 13.2 Å². The normalized spacial score (nSPS) is 11.5. The summed E-state index contributed by atoms with van der Waals surface area (Å²) in [5.41, 5.74) is -0.239. The molecule has 2 rings (SSSR count). The average Bonchev–Trinajstić information content (AvgIpc) is 3.16. The van der Waals surface area contributed by atoms with Gasteiger partial charge in [-0.3, -0.25) is 9.79 Å². The van der Waals surface area contributed by atoms with Gasteiger partial charge in [-0.2, -0.15) is 13.2 Å².